The lowest BCUT2D eigenvalue weighted by molar-refractivity contribution is -0.137. The van der Waals surface area contributed by atoms with Gasteiger partial charge in [-0.05, 0) is 35.9 Å². The van der Waals surface area contributed by atoms with Crippen LogP contribution in [0.2, 0.25) is 5.02 Å². The van der Waals surface area contributed by atoms with Crippen LogP contribution >= 0.6 is 11.6 Å². The Hall–Kier alpha value is -2.03. The summed E-state index contributed by atoms with van der Waals surface area (Å²) >= 11 is 5.87. The molecule has 1 atom stereocenters. The van der Waals surface area contributed by atoms with E-state index in [1.54, 1.807) is 6.07 Å². The molecular weight excluding hydrogens is 303 g/mol. The van der Waals surface area contributed by atoms with Crippen LogP contribution in [0.1, 0.15) is 28.4 Å². The van der Waals surface area contributed by atoms with Gasteiger partial charge in [0.05, 0.1) is 17.2 Å². The van der Waals surface area contributed by atoms with Crippen LogP contribution in [0.3, 0.4) is 0 Å². The van der Waals surface area contributed by atoms with E-state index in [9.17, 15) is 18.3 Å². The van der Waals surface area contributed by atoms with Gasteiger partial charge in [0.15, 0.2) is 0 Å². The minimum Gasteiger partial charge on any atom is -0.384 e. The van der Waals surface area contributed by atoms with Gasteiger partial charge >= 0.3 is 6.18 Å². The van der Waals surface area contributed by atoms with Crippen LogP contribution in [0, 0.1) is 11.3 Å². The van der Waals surface area contributed by atoms with Crippen molar-refractivity contribution in [3.63, 3.8) is 0 Å². The zero-order valence-electron chi connectivity index (χ0n) is 10.5. The number of hydrogen-bond donors (Lipinski definition) is 1. The highest BCUT2D eigenvalue weighted by Crippen LogP contribution is 2.35. The standard InChI is InChI=1S/C15H9ClF3NO/c16-13-5-4-11(15(17,18)19)7-12(13)14(21)10-3-1-2-9(6-10)8-20/h1-7,14,21H. The Kier molecular flexibility index (Phi) is 4.21. The van der Waals surface area contributed by atoms with Gasteiger partial charge in [-0.2, -0.15) is 18.4 Å². The third-order valence-corrected chi connectivity index (χ3v) is 3.29. The lowest BCUT2D eigenvalue weighted by Crippen LogP contribution is -2.08. The minimum absolute atomic E-state index is 0.0258. The van der Waals surface area contributed by atoms with E-state index in [2.05, 4.69) is 0 Å². The van der Waals surface area contributed by atoms with Gasteiger partial charge in [0.2, 0.25) is 0 Å². The third-order valence-electron chi connectivity index (χ3n) is 2.95. The topological polar surface area (TPSA) is 44.0 Å². The Balaban J connectivity index is 2.47. The predicted molar refractivity (Wildman–Crippen MR) is 71.7 cm³/mol. The first-order chi connectivity index (χ1) is 9.82. The molecule has 2 aromatic carbocycles. The maximum Gasteiger partial charge on any atom is 0.416 e. The molecule has 0 aliphatic heterocycles. The second-order valence-corrected chi connectivity index (χ2v) is 4.78. The Bertz CT molecular complexity index is 707. The molecule has 2 rings (SSSR count). The van der Waals surface area contributed by atoms with Crippen LogP contribution in [0.15, 0.2) is 42.5 Å². The summed E-state index contributed by atoms with van der Waals surface area (Å²) in [4.78, 5) is 0. The summed E-state index contributed by atoms with van der Waals surface area (Å²) in [7, 11) is 0. The molecule has 0 heterocycles. The number of halogens is 4. The van der Waals surface area contributed by atoms with Gasteiger partial charge in [0, 0.05) is 10.6 Å². The zero-order valence-corrected chi connectivity index (χ0v) is 11.3. The number of hydrogen-bond acceptors (Lipinski definition) is 2. The molecule has 2 aromatic rings. The highest BCUT2D eigenvalue weighted by Gasteiger charge is 2.31. The maximum atomic E-state index is 12.7. The highest BCUT2D eigenvalue weighted by atomic mass is 35.5. The van der Waals surface area contributed by atoms with Crippen LogP contribution in [0.5, 0.6) is 0 Å². The van der Waals surface area contributed by atoms with Crippen molar-refractivity contribution >= 4 is 11.6 Å². The van der Waals surface area contributed by atoms with Crippen molar-refractivity contribution in [3.05, 3.63) is 69.7 Å². The second kappa shape index (κ2) is 5.76. The van der Waals surface area contributed by atoms with Crippen molar-refractivity contribution in [3.8, 4) is 6.07 Å². The molecule has 6 heteroatoms. The van der Waals surface area contributed by atoms with Crippen LogP contribution in [-0.2, 0) is 6.18 Å². The van der Waals surface area contributed by atoms with Crippen molar-refractivity contribution in [1.29, 1.82) is 5.26 Å². The number of alkyl halides is 3. The number of aliphatic hydroxyl groups excluding tert-OH is 1. The van der Waals surface area contributed by atoms with Crippen molar-refractivity contribution in [2.24, 2.45) is 0 Å². The molecule has 0 aromatic heterocycles. The molecule has 1 N–H and O–H groups in total. The first-order valence-corrected chi connectivity index (χ1v) is 6.25. The summed E-state index contributed by atoms with van der Waals surface area (Å²) in [6.07, 6.45) is -5.86. The van der Waals surface area contributed by atoms with Gasteiger partial charge in [-0.15, -0.1) is 0 Å². The lowest BCUT2D eigenvalue weighted by atomic mass is 9.98. The summed E-state index contributed by atoms with van der Waals surface area (Å²) in [6, 6.07) is 10.6. The van der Waals surface area contributed by atoms with Gasteiger partial charge in [0.1, 0.15) is 6.10 Å². The molecule has 0 bridgehead atoms. The summed E-state index contributed by atoms with van der Waals surface area (Å²) in [6.45, 7) is 0. The van der Waals surface area contributed by atoms with E-state index in [0.29, 0.717) is 11.1 Å². The van der Waals surface area contributed by atoms with E-state index in [1.807, 2.05) is 6.07 Å². The van der Waals surface area contributed by atoms with E-state index in [-0.39, 0.29) is 10.6 Å². The second-order valence-electron chi connectivity index (χ2n) is 4.37. The van der Waals surface area contributed by atoms with Gasteiger partial charge < -0.3 is 5.11 Å². The molecule has 21 heavy (non-hydrogen) atoms. The molecule has 2 nitrogen and oxygen atoms in total. The average Bonchev–Trinajstić information content (AvgIpc) is 2.46. The lowest BCUT2D eigenvalue weighted by Gasteiger charge is -2.16. The third kappa shape index (κ3) is 3.35. The maximum absolute atomic E-state index is 12.7. The Morgan fingerprint density at radius 2 is 1.86 bits per heavy atom. The molecular formula is C15H9ClF3NO. The smallest absolute Gasteiger partial charge is 0.384 e. The Labute approximate surface area is 124 Å². The SMILES string of the molecule is N#Cc1cccc(C(O)c2cc(C(F)(F)F)ccc2Cl)c1. The van der Waals surface area contributed by atoms with Gasteiger partial charge in [-0.25, -0.2) is 0 Å². The molecule has 0 spiro atoms. The number of nitrogens with zero attached hydrogens (tertiary/aromatic N) is 1. The molecule has 0 aliphatic carbocycles. The molecule has 0 saturated heterocycles. The van der Waals surface area contributed by atoms with E-state index in [4.69, 9.17) is 16.9 Å². The van der Waals surface area contributed by atoms with Crippen LogP contribution < -0.4 is 0 Å². The van der Waals surface area contributed by atoms with E-state index in [0.717, 1.165) is 18.2 Å². The summed E-state index contributed by atoms with van der Waals surface area (Å²) in [5.41, 5.74) is -0.344. The number of aliphatic hydroxyl groups is 1. The van der Waals surface area contributed by atoms with Crippen molar-refractivity contribution in [1.82, 2.24) is 0 Å². The van der Waals surface area contributed by atoms with Crippen LogP contribution in [0.4, 0.5) is 13.2 Å². The van der Waals surface area contributed by atoms with E-state index >= 15 is 0 Å². The first kappa shape index (κ1) is 15.4. The fourth-order valence-corrected chi connectivity index (χ4v) is 2.11. The van der Waals surface area contributed by atoms with E-state index < -0.39 is 17.8 Å². The minimum atomic E-state index is -4.52. The van der Waals surface area contributed by atoms with Crippen LogP contribution in [0.25, 0.3) is 0 Å². The number of nitriles is 1. The molecule has 0 aliphatic rings. The predicted octanol–water partition coefficient (Wildman–Crippen LogP) is 4.31. The monoisotopic (exact) mass is 311 g/mol. The molecule has 0 amide bonds. The fourth-order valence-electron chi connectivity index (χ4n) is 1.89. The van der Waals surface area contributed by atoms with Gasteiger partial charge in [-0.1, -0.05) is 23.7 Å². The quantitative estimate of drug-likeness (QED) is 0.898. The molecule has 1 unspecified atom stereocenters. The molecule has 0 fully saturated rings. The normalized spacial score (nSPS) is 12.8. The highest BCUT2D eigenvalue weighted by molar-refractivity contribution is 6.31. The average molecular weight is 312 g/mol. The van der Waals surface area contributed by atoms with Crippen LogP contribution in [-0.4, -0.2) is 5.11 Å². The van der Waals surface area contributed by atoms with Gasteiger partial charge in [0.25, 0.3) is 0 Å². The van der Waals surface area contributed by atoms with E-state index in [1.165, 1.54) is 18.2 Å². The molecule has 108 valence electrons. The fraction of sp³-hybridized carbons (Fsp3) is 0.133. The Morgan fingerprint density at radius 3 is 2.48 bits per heavy atom. The van der Waals surface area contributed by atoms with Gasteiger partial charge in [-0.3, -0.25) is 0 Å². The Morgan fingerprint density at radius 1 is 1.14 bits per heavy atom. The summed E-state index contributed by atoms with van der Waals surface area (Å²) in [5.74, 6) is 0. The van der Waals surface area contributed by atoms with Crippen molar-refractivity contribution in [2.75, 3.05) is 0 Å². The largest absolute Gasteiger partial charge is 0.416 e. The summed E-state index contributed by atoms with van der Waals surface area (Å²) in [5, 5.41) is 19.1. The van der Waals surface area contributed by atoms with Crippen molar-refractivity contribution in [2.45, 2.75) is 12.3 Å². The number of rotatable bonds is 2. The molecule has 0 saturated carbocycles. The van der Waals surface area contributed by atoms with Crippen molar-refractivity contribution < 1.29 is 18.3 Å². The first-order valence-electron chi connectivity index (χ1n) is 5.87. The zero-order chi connectivity index (χ0) is 15.6. The summed E-state index contributed by atoms with van der Waals surface area (Å²) < 4.78 is 38.1. The molecule has 0 radical (unpaired) electrons. The number of benzene rings is 2.